The van der Waals surface area contributed by atoms with Crippen molar-refractivity contribution >= 4 is 17.5 Å². The lowest BCUT2D eigenvalue weighted by molar-refractivity contribution is -0.118. The van der Waals surface area contributed by atoms with Crippen LogP contribution in [0.1, 0.15) is 96.4 Å². The third kappa shape index (κ3) is 9.14. The van der Waals surface area contributed by atoms with E-state index < -0.39 is 0 Å². The molecule has 0 aromatic heterocycles. The molecule has 56 heavy (non-hydrogen) atoms. The Balaban J connectivity index is 1.05. The first-order valence-corrected chi connectivity index (χ1v) is 20.2. The molecule has 0 bridgehead atoms. The molecule has 10 heteroatoms. The van der Waals surface area contributed by atoms with Crippen molar-refractivity contribution in [2.24, 2.45) is 11.1 Å². The van der Waals surface area contributed by atoms with Crippen LogP contribution in [0.5, 0.6) is 17.2 Å². The van der Waals surface area contributed by atoms with E-state index >= 15 is 0 Å². The number of unbranched alkanes of at least 4 members (excludes halogenated alkanes) is 1. The summed E-state index contributed by atoms with van der Waals surface area (Å²) in [7, 11) is 0. The zero-order valence-corrected chi connectivity index (χ0v) is 32.9. The molecule has 4 aromatic carbocycles. The standard InChI is InChI=1S/C46H50ClN5O4/c1-31-36(8-5-11-41(31)54-19-7-18-52-29-46(30-52)15-6-16-46)37-9-4-10-39-38(37)13-14-42(39)56-44-24-43(55-28-34-21-32(25-48)20-33(22-34)26-49)35(23-40(44)47)27-51-17-3-2-12-45(50)53/h4-5,8-11,20-24,42,51H,2-3,6-7,12-19,27-30H2,1H3,(H2,50,53)/t42-/m0/s1. The van der Waals surface area contributed by atoms with Gasteiger partial charge in [0.05, 0.1) is 34.9 Å². The Labute approximate surface area is 335 Å². The molecule has 0 radical (unpaired) electrons. The normalized spacial score (nSPS) is 16.6. The zero-order valence-electron chi connectivity index (χ0n) is 32.2. The second kappa shape index (κ2) is 17.8. The molecule has 3 aliphatic rings. The van der Waals surface area contributed by atoms with Gasteiger partial charge in [-0.05, 0) is 128 Å². The van der Waals surface area contributed by atoms with E-state index in [1.54, 1.807) is 18.2 Å². The van der Waals surface area contributed by atoms with Crippen molar-refractivity contribution in [3.63, 3.8) is 0 Å². The van der Waals surface area contributed by atoms with Crippen LogP contribution in [-0.4, -0.2) is 43.6 Å². The van der Waals surface area contributed by atoms with Gasteiger partial charge in [-0.2, -0.15) is 10.5 Å². The molecule has 2 fully saturated rings. The van der Waals surface area contributed by atoms with Gasteiger partial charge in [0.2, 0.25) is 5.91 Å². The third-order valence-electron chi connectivity index (χ3n) is 11.6. The van der Waals surface area contributed by atoms with Crippen molar-refractivity contribution in [2.45, 2.75) is 84.0 Å². The molecule has 3 N–H and O–H groups in total. The van der Waals surface area contributed by atoms with Crippen molar-refractivity contribution in [1.82, 2.24) is 10.2 Å². The Morgan fingerprint density at radius 2 is 1.71 bits per heavy atom. The molecular weight excluding hydrogens is 722 g/mol. The zero-order chi connectivity index (χ0) is 39.1. The molecule has 290 valence electrons. The number of fused-ring (bicyclic) bond motifs is 1. The number of carbonyl (C=O) groups excluding carboxylic acids is 1. The molecular formula is C46H50ClN5O4. The number of likely N-dealkylation sites (tertiary alicyclic amines) is 1. The maximum atomic E-state index is 11.1. The van der Waals surface area contributed by atoms with E-state index in [1.807, 2.05) is 12.1 Å². The molecule has 1 spiro atoms. The van der Waals surface area contributed by atoms with Gasteiger partial charge in [-0.1, -0.05) is 48.4 Å². The van der Waals surface area contributed by atoms with Gasteiger partial charge in [-0.15, -0.1) is 0 Å². The highest BCUT2D eigenvalue weighted by atomic mass is 35.5. The summed E-state index contributed by atoms with van der Waals surface area (Å²) >= 11 is 6.92. The van der Waals surface area contributed by atoms with Crippen molar-refractivity contribution in [3.8, 4) is 40.5 Å². The van der Waals surface area contributed by atoms with Crippen molar-refractivity contribution < 1.29 is 19.0 Å². The van der Waals surface area contributed by atoms with Gasteiger partial charge in [-0.25, -0.2) is 0 Å². The first-order valence-electron chi connectivity index (χ1n) is 19.9. The average molecular weight is 772 g/mol. The largest absolute Gasteiger partial charge is 0.493 e. The highest BCUT2D eigenvalue weighted by molar-refractivity contribution is 6.32. The summed E-state index contributed by atoms with van der Waals surface area (Å²) in [6.45, 7) is 7.81. The van der Waals surface area contributed by atoms with Gasteiger partial charge >= 0.3 is 0 Å². The summed E-state index contributed by atoms with van der Waals surface area (Å²) in [5.41, 5.74) is 14.2. The number of ether oxygens (including phenoxy) is 3. The lowest BCUT2D eigenvalue weighted by Crippen LogP contribution is -2.59. The number of hydrogen-bond acceptors (Lipinski definition) is 8. The van der Waals surface area contributed by atoms with Gasteiger partial charge in [-0.3, -0.25) is 4.79 Å². The minimum atomic E-state index is -0.303. The number of carbonyl (C=O) groups is 1. The Morgan fingerprint density at radius 1 is 0.946 bits per heavy atom. The highest BCUT2D eigenvalue weighted by Gasteiger charge is 2.46. The Hall–Kier alpha value is -5.06. The van der Waals surface area contributed by atoms with Gasteiger partial charge < -0.3 is 30.2 Å². The van der Waals surface area contributed by atoms with Crippen LogP contribution in [0.15, 0.2) is 66.7 Å². The topological polar surface area (TPSA) is 134 Å². The predicted octanol–water partition coefficient (Wildman–Crippen LogP) is 8.70. The summed E-state index contributed by atoms with van der Waals surface area (Å²) < 4.78 is 19.4. The number of benzene rings is 4. The monoisotopic (exact) mass is 771 g/mol. The lowest BCUT2D eigenvalue weighted by atomic mass is 9.63. The molecule has 7 rings (SSSR count). The highest BCUT2D eigenvalue weighted by Crippen LogP contribution is 2.48. The number of primary amides is 1. The summed E-state index contributed by atoms with van der Waals surface area (Å²) in [6.07, 6.45) is 8.58. The molecule has 4 aromatic rings. The summed E-state index contributed by atoms with van der Waals surface area (Å²) in [4.78, 5) is 13.7. The number of hydrogen-bond donors (Lipinski definition) is 2. The second-order valence-corrected chi connectivity index (χ2v) is 16.0. The molecule has 1 heterocycles. The van der Waals surface area contributed by atoms with Crippen molar-refractivity contribution in [3.05, 3.63) is 111 Å². The first kappa shape index (κ1) is 39.2. The van der Waals surface area contributed by atoms with Crippen LogP contribution >= 0.6 is 11.6 Å². The Morgan fingerprint density at radius 3 is 2.45 bits per heavy atom. The summed E-state index contributed by atoms with van der Waals surface area (Å²) in [6, 6.07) is 25.7. The Bertz CT molecular complexity index is 2110. The lowest BCUT2D eigenvalue weighted by Gasteiger charge is -2.56. The molecule has 0 unspecified atom stereocenters. The number of nitriles is 2. The molecule has 1 atom stereocenters. The number of rotatable bonds is 18. The number of nitrogens with zero attached hydrogens (tertiary/aromatic N) is 3. The number of amides is 1. The van der Waals surface area contributed by atoms with E-state index in [9.17, 15) is 15.3 Å². The number of nitrogens with one attached hydrogen (secondary N) is 1. The molecule has 1 saturated heterocycles. The average Bonchev–Trinajstić information content (AvgIpc) is 3.58. The molecule has 1 saturated carbocycles. The van der Waals surface area contributed by atoms with E-state index in [0.29, 0.717) is 71.2 Å². The van der Waals surface area contributed by atoms with Crippen LogP contribution in [0.2, 0.25) is 5.02 Å². The first-order chi connectivity index (χ1) is 27.2. The quantitative estimate of drug-likeness (QED) is 0.0961. The summed E-state index contributed by atoms with van der Waals surface area (Å²) in [5, 5.41) is 22.9. The smallest absolute Gasteiger partial charge is 0.217 e. The van der Waals surface area contributed by atoms with E-state index in [4.69, 9.17) is 31.5 Å². The Kier molecular flexibility index (Phi) is 12.5. The van der Waals surface area contributed by atoms with Crippen LogP contribution in [0, 0.1) is 35.0 Å². The molecule has 2 aliphatic carbocycles. The van der Waals surface area contributed by atoms with Gasteiger partial charge in [0.25, 0.3) is 0 Å². The second-order valence-electron chi connectivity index (χ2n) is 15.6. The van der Waals surface area contributed by atoms with Crippen LogP contribution in [0.25, 0.3) is 11.1 Å². The van der Waals surface area contributed by atoms with Crippen LogP contribution in [0.3, 0.4) is 0 Å². The fourth-order valence-corrected chi connectivity index (χ4v) is 8.74. The van der Waals surface area contributed by atoms with Crippen molar-refractivity contribution in [1.29, 1.82) is 10.5 Å². The number of halogens is 1. The third-order valence-corrected chi connectivity index (χ3v) is 11.9. The van der Waals surface area contributed by atoms with Crippen LogP contribution < -0.4 is 25.3 Å². The van der Waals surface area contributed by atoms with E-state index in [1.165, 1.54) is 49.0 Å². The maximum absolute atomic E-state index is 11.1. The van der Waals surface area contributed by atoms with Crippen LogP contribution in [0.4, 0.5) is 0 Å². The predicted molar refractivity (Wildman–Crippen MR) is 218 cm³/mol. The SMILES string of the molecule is Cc1c(OCCCN2CC3(CCC3)C2)cccc1-c1cccc2c1CC[C@@H]2Oc1cc(OCc2cc(C#N)cc(C#N)c2)c(CNCCCCC(N)=O)cc1Cl. The molecule has 9 nitrogen and oxygen atoms in total. The molecule has 1 aliphatic heterocycles. The van der Waals surface area contributed by atoms with Gasteiger partial charge in [0, 0.05) is 44.2 Å². The minimum Gasteiger partial charge on any atom is -0.493 e. The van der Waals surface area contributed by atoms with Gasteiger partial charge in [0.1, 0.15) is 30.0 Å². The van der Waals surface area contributed by atoms with E-state index in [0.717, 1.165) is 54.7 Å². The van der Waals surface area contributed by atoms with E-state index in [2.05, 4.69) is 65.7 Å². The van der Waals surface area contributed by atoms with Gasteiger partial charge in [0.15, 0.2) is 0 Å². The maximum Gasteiger partial charge on any atom is 0.217 e. The minimum absolute atomic E-state index is 0.147. The fraction of sp³-hybridized carbons (Fsp3) is 0.413. The van der Waals surface area contributed by atoms with Crippen LogP contribution in [-0.2, 0) is 24.4 Å². The summed E-state index contributed by atoms with van der Waals surface area (Å²) in [5.74, 6) is 1.74. The molecule has 1 amide bonds. The van der Waals surface area contributed by atoms with E-state index in [-0.39, 0.29) is 18.6 Å². The number of nitrogens with two attached hydrogens (primary N) is 1. The fourth-order valence-electron chi connectivity index (χ4n) is 8.51. The van der Waals surface area contributed by atoms with Crippen molar-refractivity contribution in [2.75, 3.05) is 32.8 Å².